The van der Waals surface area contributed by atoms with Crippen molar-refractivity contribution >= 4 is 35.6 Å². The van der Waals surface area contributed by atoms with Gasteiger partial charge in [-0.15, -0.1) is 24.0 Å². The summed E-state index contributed by atoms with van der Waals surface area (Å²) in [6.45, 7) is 7.59. The number of para-hydroxylation sites is 2. The molecule has 0 radical (unpaired) electrons. The molecule has 0 aliphatic carbocycles. The molecule has 1 unspecified atom stereocenters. The van der Waals surface area contributed by atoms with Crippen molar-refractivity contribution in [1.82, 2.24) is 4.90 Å². The maximum atomic E-state index is 6.04. The van der Waals surface area contributed by atoms with E-state index in [9.17, 15) is 0 Å². The number of anilines is 1. The van der Waals surface area contributed by atoms with Crippen molar-refractivity contribution < 1.29 is 4.74 Å². The molecule has 3 N–H and O–H groups in total. The van der Waals surface area contributed by atoms with Gasteiger partial charge in [-0.1, -0.05) is 26.0 Å². The minimum absolute atomic E-state index is 0. The summed E-state index contributed by atoms with van der Waals surface area (Å²) in [7, 11) is 1.65. The van der Waals surface area contributed by atoms with Crippen molar-refractivity contribution in [3.8, 4) is 5.75 Å². The van der Waals surface area contributed by atoms with Crippen LogP contribution >= 0.6 is 24.0 Å². The second-order valence-corrected chi connectivity index (χ2v) is 6.11. The van der Waals surface area contributed by atoms with Crippen LogP contribution in [-0.2, 0) is 0 Å². The number of benzene rings is 1. The average Bonchev–Trinajstić information content (AvgIpc) is 3.01. The molecule has 1 aromatic rings. The number of guanidine groups is 1. The van der Waals surface area contributed by atoms with E-state index in [0.717, 1.165) is 18.0 Å². The minimum atomic E-state index is 0. The number of nitrogens with two attached hydrogens (primary N) is 1. The number of ether oxygens (including phenoxy) is 1. The number of methoxy groups -OCH3 is 1. The van der Waals surface area contributed by atoms with E-state index in [2.05, 4.69) is 29.1 Å². The Bertz CT molecular complexity index is 501. The van der Waals surface area contributed by atoms with Crippen molar-refractivity contribution in [3.05, 3.63) is 24.3 Å². The molecule has 0 spiro atoms. The van der Waals surface area contributed by atoms with Crippen LogP contribution in [0.3, 0.4) is 0 Å². The Hall–Kier alpha value is -1.02. The van der Waals surface area contributed by atoms with Crippen molar-refractivity contribution in [2.45, 2.75) is 32.7 Å². The molecule has 1 fully saturated rings. The maximum absolute atomic E-state index is 6.04. The minimum Gasteiger partial charge on any atom is -0.495 e. The van der Waals surface area contributed by atoms with Gasteiger partial charge in [-0.05, 0) is 44.0 Å². The highest BCUT2D eigenvalue weighted by atomic mass is 127. The lowest BCUT2D eigenvalue weighted by Gasteiger charge is -2.29. The van der Waals surface area contributed by atoms with Gasteiger partial charge in [0.15, 0.2) is 5.96 Å². The van der Waals surface area contributed by atoms with Crippen LogP contribution in [-0.4, -0.2) is 43.6 Å². The summed E-state index contributed by atoms with van der Waals surface area (Å²) in [6, 6.07) is 8.16. The van der Waals surface area contributed by atoms with Crippen LogP contribution in [0.2, 0.25) is 0 Å². The van der Waals surface area contributed by atoms with Gasteiger partial charge in [0.25, 0.3) is 0 Å². The standard InChI is InChI=1S/C17H28N4O.HI/c1-13(2)15(21-10-6-7-11-21)12-19-17(18)20-14-8-4-5-9-16(14)22-3;/h4-5,8-9,13,15H,6-7,10-12H2,1-3H3,(H3,18,19,20);1H. The van der Waals surface area contributed by atoms with E-state index < -0.39 is 0 Å². The van der Waals surface area contributed by atoms with E-state index in [-0.39, 0.29) is 24.0 Å². The number of nitrogens with zero attached hydrogens (tertiary/aromatic N) is 2. The van der Waals surface area contributed by atoms with Crippen LogP contribution in [0.1, 0.15) is 26.7 Å². The van der Waals surface area contributed by atoms with Gasteiger partial charge in [-0.25, -0.2) is 0 Å². The predicted octanol–water partition coefficient (Wildman–Crippen LogP) is 3.16. The molecule has 1 aliphatic heterocycles. The quantitative estimate of drug-likeness (QED) is 0.412. The van der Waals surface area contributed by atoms with Crippen LogP contribution in [0.15, 0.2) is 29.3 Å². The van der Waals surface area contributed by atoms with Crippen LogP contribution in [0.5, 0.6) is 5.75 Å². The summed E-state index contributed by atoms with van der Waals surface area (Å²) in [4.78, 5) is 7.08. The molecule has 0 aromatic heterocycles. The lowest BCUT2D eigenvalue weighted by molar-refractivity contribution is 0.198. The van der Waals surface area contributed by atoms with Crippen molar-refractivity contribution in [3.63, 3.8) is 0 Å². The molecule has 1 heterocycles. The highest BCUT2D eigenvalue weighted by Crippen LogP contribution is 2.23. The molecule has 130 valence electrons. The number of hydrogen-bond acceptors (Lipinski definition) is 3. The highest BCUT2D eigenvalue weighted by molar-refractivity contribution is 14.0. The predicted molar refractivity (Wildman–Crippen MR) is 108 cm³/mol. The fourth-order valence-corrected chi connectivity index (χ4v) is 2.94. The normalized spacial score (nSPS) is 17.0. The molecule has 1 aromatic carbocycles. The third-order valence-electron chi connectivity index (χ3n) is 4.20. The number of halogens is 1. The van der Waals surface area contributed by atoms with Crippen LogP contribution < -0.4 is 15.8 Å². The second kappa shape index (κ2) is 9.97. The van der Waals surface area contributed by atoms with Crippen molar-refractivity contribution in [2.75, 3.05) is 32.1 Å². The Morgan fingerprint density at radius 2 is 1.96 bits per heavy atom. The van der Waals surface area contributed by atoms with E-state index in [4.69, 9.17) is 10.5 Å². The second-order valence-electron chi connectivity index (χ2n) is 6.11. The van der Waals surface area contributed by atoms with Gasteiger partial charge in [0, 0.05) is 6.04 Å². The fourth-order valence-electron chi connectivity index (χ4n) is 2.94. The first-order valence-electron chi connectivity index (χ1n) is 8.06. The maximum Gasteiger partial charge on any atom is 0.193 e. The van der Waals surface area contributed by atoms with E-state index in [1.165, 1.54) is 25.9 Å². The molecular weight excluding hydrogens is 403 g/mol. The molecule has 5 nitrogen and oxygen atoms in total. The molecule has 23 heavy (non-hydrogen) atoms. The smallest absolute Gasteiger partial charge is 0.193 e. The van der Waals surface area contributed by atoms with Gasteiger partial charge < -0.3 is 15.8 Å². The van der Waals surface area contributed by atoms with Gasteiger partial charge in [0.1, 0.15) is 5.75 Å². The van der Waals surface area contributed by atoms with Crippen LogP contribution in [0, 0.1) is 5.92 Å². The molecule has 1 atom stereocenters. The van der Waals surface area contributed by atoms with Gasteiger partial charge in [-0.2, -0.15) is 0 Å². The van der Waals surface area contributed by atoms with Gasteiger partial charge >= 0.3 is 0 Å². The molecule has 1 aliphatic rings. The van der Waals surface area contributed by atoms with Gasteiger partial charge in [-0.3, -0.25) is 9.89 Å². The van der Waals surface area contributed by atoms with E-state index in [1.54, 1.807) is 7.11 Å². The topological polar surface area (TPSA) is 62.9 Å². The van der Waals surface area contributed by atoms with Crippen LogP contribution in [0.4, 0.5) is 5.69 Å². The first kappa shape index (κ1) is 20.0. The zero-order chi connectivity index (χ0) is 15.9. The Labute approximate surface area is 156 Å². The van der Waals surface area contributed by atoms with Gasteiger partial charge in [0.05, 0.1) is 19.3 Å². The zero-order valence-electron chi connectivity index (χ0n) is 14.3. The molecule has 2 rings (SSSR count). The fraction of sp³-hybridized carbons (Fsp3) is 0.588. The first-order chi connectivity index (χ1) is 10.6. The van der Waals surface area contributed by atoms with E-state index in [1.807, 2.05) is 24.3 Å². The highest BCUT2D eigenvalue weighted by Gasteiger charge is 2.24. The Morgan fingerprint density at radius 3 is 2.57 bits per heavy atom. The van der Waals surface area contributed by atoms with Gasteiger partial charge in [0.2, 0.25) is 0 Å². The third-order valence-corrected chi connectivity index (χ3v) is 4.20. The Balaban J connectivity index is 0.00000264. The summed E-state index contributed by atoms with van der Waals surface area (Å²) in [5.74, 6) is 1.77. The molecule has 6 heteroatoms. The van der Waals surface area contributed by atoms with E-state index in [0.29, 0.717) is 17.9 Å². The van der Waals surface area contributed by atoms with Crippen LogP contribution in [0.25, 0.3) is 0 Å². The number of nitrogens with one attached hydrogen (secondary N) is 1. The molecule has 0 bridgehead atoms. The zero-order valence-corrected chi connectivity index (χ0v) is 16.6. The largest absolute Gasteiger partial charge is 0.495 e. The summed E-state index contributed by atoms with van der Waals surface area (Å²) >= 11 is 0. The number of rotatable bonds is 6. The summed E-state index contributed by atoms with van der Waals surface area (Å²) in [5.41, 5.74) is 6.88. The van der Waals surface area contributed by atoms with E-state index >= 15 is 0 Å². The third kappa shape index (κ3) is 5.84. The summed E-state index contributed by atoms with van der Waals surface area (Å²) in [5, 5.41) is 3.13. The van der Waals surface area contributed by atoms with Crippen molar-refractivity contribution in [1.29, 1.82) is 0 Å². The monoisotopic (exact) mass is 432 g/mol. The molecule has 0 saturated carbocycles. The van der Waals surface area contributed by atoms with Crippen molar-refractivity contribution in [2.24, 2.45) is 16.6 Å². The first-order valence-corrected chi connectivity index (χ1v) is 8.06. The summed E-state index contributed by atoms with van der Waals surface area (Å²) in [6.07, 6.45) is 2.59. The average molecular weight is 432 g/mol. The summed E-state index contributed by atoms with van der Waals surface area (Å²) < 4.78 is 5.31. The SMILES string of the molecule is COc1ccccc1NC(N)=NCC(C(C)C)N1CCCC1.I. The Kier molecular flexibility index (Phi) is 8.68. The molecule has 0 amide bonds. The lowest BCUT2D eigenvalue weighted by Crippen LogP contribution is -2.40. The Morgan fingerprint density at radius 1 is 1.30 bits per heavy atom. The molecule has 1 saturated heterocycles. The number of aliphatic imine (C=N–C) groups is 1. The lowest BCUT2D eigenvalue weighted by atomic mass is 10.0. The molecular formula is C17H29IN4O. The number of hydrogen-bond donors (Lipinski definition) is 2. The number of likely N-dealkylation sites (tertiary alicyclic amines) is 1.